The van der Waals surface area contributed by atoms with Crippen LogP contribution >= 0.6 is 0 Å². The number of hydrogen-bond donors (Lipinski definition) is 2. The van der Waals surface area contributed by atoms with E-state index in [0.29, 0.717) is 18.3 Å². The van der Waals surface area contributed by atoms with Crippen molar-refractivity contribution in [2.45, 2.75) is 77.2 Å². The van der Waals surface area contributed by atoms with Gasteiger partial charge >= 0.3 is 0 Å². The van der Waals surface area contributed by atoms with Gasteiger partial charge in [-0.3, -0.25) is 0 Å². The van der Waals surface area contributed by atoms with Crippen molar-refractivity contribution in [1.29, 1.82) is 0 Å². The van der Waals surface area contributed by atoms with Crippen molar-refractivity contribution in [2.24, 2.45) is 28.6 Å². The molecule has 2 N–H and O–H groups in total. The van der Waals surface area contributed by atoms with Crippen molar-refractivity contribution in [3.63, 3.8) is 0 Å². The Kier molecular flexibility index (Phi) is 3.14. The van der Waals surface area contributed by atoms with Gasteiger partial charge in [-0.2, -0.15) is 0 Å². The second kappa shape index (κ2) is 4.57. The number of halogens is 1. The summed E-state index contributed by atoms with van der Waals surface area (Å²) in [5.41, 5.74) is 1.24. The quantitative estimate of drug-likeness (QED) is 0.525. The zero-order chi connectivity index (χ0) is 15.8. The lowest BCUT2D eigenvalue weighted by molar-refractivity contribution is -0.267. The van der Waals surface area contributed by atoms with Crippen LogP contribution < -0.4 is 0 Å². The number of fused-ring (bicyclic) bond motifs is 5. The number of rotatable bonds is 0. The maximum atomic E-state index is 14.3. The van der Waals surface area contributed by atoms with Crippen molar-refractivity contribution >= 4 is 0 Å². The third-order valence-corrected chi connectivity index (χ3v) is 8.15. The van der Waals surface area contributed by atoms with Crippen LogP contribution in [0.3, 0.4) is 0 Å². The van der Waals surface area contributed by atoms with Crippen molar-refractivity contribution in [3.05, 3.63) is 11.6 Å². The van der Waals surface area contributed by atoms with E-state index in [1.54, 1.807) is 5.57 Å². The first-order chi connectivity index (χ1) is 10.3. The lowest BCUT2D eigenvalue weighted by Crippen LogP contribution is -2.55. The smallest absolute Gasteiger partial charge is 0.200 e. The topological polar surface area (TPSA) is 40.5 Å². The van der Waals surface area contributed by atoms with Crippen LogP contribution in [0.5, 0.6) is 0 Å². The summed E-state index contributed by atoms with van der Waals surface area (Å²) in [6.45, 7) is 4.33. The molecule has 6 atom stereocenters. The van der Waals surface area contributed by atoms with Crippen molar-refractivity contribution in [2.75, 3.05) is 0 Å². The summed E-state index contributed by atoms with van der Waals surface area (Å²) in [7, 11) is 0. The molecule has 0 bridgehead atoms. The lowest BCUT2D eigenvalue weighted by Gasteiger charge is -2.57. The van der Waals surface area contributed by atoms with E-state index in [0.717, 1.165) is 19.3 Å². The van der Waals surface area contributed by atoms with E-state index in [1.807, 2.05) is 6.92 Å². The minimum Gasteiger partial charge on any atom is -0.363 e. The highest BCUT2D eigenvalue weighted by Gasteiger charge is 2.67. The summed E-state index contributed by atoms with van der Waals surface area (Å²) < 4.78 is 14.3. The molecule has 4 aliphatic carbocycles. The third-order valence-electron chi connectivity index (χ3n) is 8.15. The van der Waals surface area contributed by atoms with Gasteiger partial charge in [0.25, 0.3) is 0 Å². The monoisotopic (exact) mass is 308 g/mol. The Morgan fingerprint density at radius 1 is 1.14 bits per heavy atom. The van der Waals surface area contributed by atoms with Crippen LogP contribution in [0.2, 0.25) is 0 Å². The summed E-state index contributed by atoms with van der Waals surface area (Å²) in [6, 6.07) is 0. The van der Waals surface area contributed by atoms with Crippen molar-refractivity contribution in [3.8, 4) is 0 Å². The zero-order valence-corrected chi connectivity index (χ0v) is 13.8. The van der Waals surface area contributed by atoms with E-state index >= 15 is 0 Å². The molecule has 124 valence electrons. The fourth-order valence-electron chi connectivity index (χ4n) is 6.65. The lowest BCUT2D eigenvalue weighted by atomic mass is 9.48. The van der Waals surface area contributed by atoms with Gasteiger partial charge in [0.05, 0.1) is 0 Å². The molecule has 0 aromatic rings. The predicted molar refractivity (Wildman–Crippen MR) is 83.8 cm³/mol. The largest absolute Gasteiger partial charge is 0.363 e. The fourth-order valence-corrected chi connectivity index (χ4v) is 6.65. The number of alkyl halides is 1. The molecular formula is C19H29FO2. The van der Waals surface area contributed by atoms with Crippen LogP contribution in [0, 0.1) is 28.6 Å². The van der Waals surface area contributed by atoms with Gasteiger partial charge < -0.3 is 10.2 Å². The molecule has 22 heavy (non-hydrogen) atoms. The molecule has 4 rings (SSSR count). The molecule has 3 heteroatoms. The van der Waals surface area contributed by atoms with Gasteiger partial charge in [0.2, 0.25) is 5.79 Å². The first-order valence-electron chi connectivity index (χ1n) is 9.09. The second-order valence-electron chi connectivity index (χ2n) is 8.85. The van der Waals surface area contributed by atoms with E-state index < -0.39 is 17.4 Å². The van der Waals surface area contributed by atoms with E-state index in [2.05, 4.69) is 13.0 Å². The normalized spacial score (nSPS) is 53.2. The van der Waals surface area contributed by atoms with Crippen LogP contribution in [0.1, 0.15) is 65.2 Å². The molecule has 3 fully saturated rings. The van der Waals surface area contributed by atoms with Crippen LogP contribution in [-0.4, -0.2) is 22.2 Å². The van der Waals surface area contributed by atoms with Crippen molar-refractivity contribution in [1.82, 2.24) is 0 Å². The number of hydrogen-bond acceptors (Lipinski definition) is 2. The molecule has 0 radical (unpaired) electrons. The van der Waals surface area contributed by atoms with Crippen LogP contribution in [0.4, 0.5) is 4.39 Å². The molecule has 0 saturated heterocycles. The number of allylic oxidation sites excluding steroid dienone is 2. The molecule has 0 amide bonds. The highest BCUT2D eigenvalue weighted by atomic mass is 19.1. The molecule has 0 heterocycles. The molecule has 3 saturated carbocycles. The SMILES string of the molecule is C[C@]12CCCCC1=CC[C@@H]1[C@H]2CC[C@@]2(C)[C@H]1CC(F)C2(O)O. The maximum absolute atomic E-state index is 14.3. The van der Waals surface area contributed by atoms with Gasteiger partial charge in [-0.05, 0) is 68.1 Å². The first kappa shape index (κ1) is 15.1. The van der Waals surface area contributed by atoms with E-state index in [-0.39, 0.29) is 11.3 Å². The van der Waals surface area contributed by atoms with Gasteiger partial charge in [-0.25, -0.2) is 4.39 Å². The molecular weight excluding hydrogens is 279 g/mol. The van der Waals surface area contributed by atoms with Crippen LogP contribution in [0.15, 0.2) is 11.6 Å². The number of aliphatic hydroxyl groups is 2. The third kappa shape index (κ3) is 1.67. The Morgan fingerprint density at radius 2 is 1.91 bits per heavy atom. The standard InChI is InChI=1S/C19H29FO2/c1-17-9-4-3-5-12(17)6-7-13-14(17)8-10-18(2)15(13)11-16(20)19(18,21)22/h6,13-16,21-22H,3-5,7-11H2,1-2H3/t13-,14-,15+,16?,17+,18+/m1/s1. The summed E-state index contributed by atoms with van der Waals surface area (Å²) in [4.78, 5) is 0. The maximum Gasteiger partial charge on any atom is 0.200 e. The Labute approximate surface area is 132 Å². The Morgan fingerprint density at radius 3 is 2.68 bits per heavy atom. The molecule has 0 aliphatic heterocycles. The molecule has 4 aliphatic rings. The van der Waals surface area contributed by atoms with E-state index in [9.17, 15) is 14.6 Å². The predicted octanol–water partition coefficient (Wildman–Crippen LogP) is 3.97. The molecule has 0 aromatic heterocycles. The molecule has 1 unspecified atom stereocenters. The van der Waals surface area contributed by atoms with E-state index in [1.165, 1.54) is 25.7 Å². The van der Waals surface area contributed by atoms with Crippen LogP contribution in [0.25, 0.3) is 0 Å². The summed E-state index contributed by atoms with van der Waals surface area (Å²) in [5, 5.41) is 20.7. The summed E-state index contributed by atoms with van der Waals surface area (Å²) >= 11 is 0. The molecule has 2 nitrogen and oxygen atoms in total. The average Bonchev–Trinajstić information content (AvgIpc) is 2.66. The highest BCUT2D eigenvalue weighted by Crippen LogP contribution is 2.66. The minimum absolute atomic E-state index is 0.104. The summed E-state index contributed by atoms with van der Waals surface area (Å²) in [5.74, 6) is -1.01. The molecule has 0 aromatic carbocycles. The van der Waals surface area contributed by atoms with Gasteiger partial charge in [0.1, 0.15) is 0 Å². The first-order valence-corrected chi connectivity index (χ1v) is 9.09. The zero-order valence-electron chi connectivity index (χ0n) is 13.8. The molecule has 0 spiro atoms. The van der Waals surface area contributed by atoms with Gasteiger partial charge in [0.15, 0.2) is 6.17 Å². The Bertz CT molecular complexity index is 514. The van der Waals surface area contributed by atoms with Gasteiger partial charge in [-0.15, -0.1) is 0 Å². The Balaban J connectivity index is 1.72. The highest BCUT2D eigenvalue weighted by molar-refractivity contribution is 5.25. The second-order valence-corrected chi connectivity index (χ2v) is 8.85. The minimum atomic E-state index is -2.14. The average molecular weight is 308 g/mol. The van der Waals surface area contributed by atoms with Gasteiger partial charge in [-0.1, -0.05) is 31.9 Å². The van der Waals surface area contributed by atoms with Crippen molar-refractivity contribution < 1.29 is 14.6 Å². The Hall–Kier alpha value is -0.410. The van der Waals surface area contributed by atoms with Gasteiger partial charge in [0, 0.05) is 5.41 Å². The van der Waals surface area contributed by atoms with Crippen LogP contribution in [-0.2, 0) is 0 Å². The van der Waals surface area contributed by atoms with E-state index in [4.69, 9.17) is 0 Å². The fraction of sp³-hybridized carbons (Fsp3) is 0.895. The summed E-state index contributed by atoms with van der Waals surface area (Å²) in [6.07, 6.45) is 9.12.